The Balaban J connectivity index is 2.11. The third kappa shape index (κ3) is 4.03. The maximum Gasteiger partial charge on any atom is 0.416 e. The normalized spacial score (nSPS) is 12.3. The van der Waals surface area contributed by atoms with Gasteiger partial charge in [0.25, 0.3) is 0 Å². The highest BCUT2D eigenvalue weighted by molar-refractivity contribution is 5.33. The average molecular weight is 308 g/mol. The van der Waals surface area contributed by atoms with E-state index in [1.165, 1.54) is 12.1 Å². The molecule has 0 saturated carbocycles. The predicted molar refractivity (Wildman–Crippen MR) is 80.9 cm³/mol. The molecular weight excluding hydrogens is 289 g/mol. The highest BCUT2D eigenvalue weighted by Gasteiger charge is 2.32. The van der Waals surface area contributed by atoms with E-state index < -0.39 is 11.7 Å². The van der Waals surface area contributed by atoms with Crippen molar-refractivity contribution in [3.8, 4) is 5.75 Å². The fourth-order valence-electron chi connectivity index (χ4n) is 2.13. The number of ether oxygens (including phenoxy) is 1. The van der Waals surface area contributed by atoms with Crippen LogP contribution >= 0.6 is 0 Å². The summed E-state index contributed by atoms with van der Waals surface area (Å²) in [6.07, 6.45) is -4.37. The van der Waals surface area contributed by atoms with Crippen molar-refractivity contribution in [1.29, 1.82) is 0 Å². The predicted octanol–water partition coefficient (Wildman–Crippen LogP) is 5.58. The maximum absolute atomic E-state index is 12.9. The van der Waals surface area contributed by atoms with Crippen molar-refractivity contribution in [3.63, 3.8) is 0 Å². The van der Waals surface area contributed by atoms with Crippen molar-refractivity contribution < 1.29 is 17.9 Å². The Morgan fingerprint density at radius 2 is 1.45 bits per heavy atom. The van der Waals surface area contributed by atoms with Gasteiger partial charge < -0.3 is 4.74 Å². The maximum atomic E-state index is 12.9. The summed E-state index contributed by atoms with van der Waals surface area (Å²) < 4.78 is 44.2. The summed E-state index contributed by atoms with van der Waals surface area (Å²) in [6.45, 7) is 6.19. The van der Waals surface area contributed by atoms with Gasteiger partial charge in [0.15, 0.2) is 0 Å². The zero-order valence-electron chi connectivity index (χ0n) is 12.9. The van der Waals surface area contributed by atoms with Gasteiger partial charge in [-0.15, -0.1) is 0 Å². The van der Waals surface area contributed by atoms with Crippen LogP contribution < -0.4 is 4.74 Å². The smallest absolute Gasteiger partial charge is 0.416 e. The number of benzene rings is 2. The summed E-state index contributed by atoms with van der Waals surface area (Å²) in [7, 11) is 0. The molecular formula is C18H19F3O. The lowest BCUT2D eigenvalue weighted by Crippen LogP contribution is -2.11. The largest absolute Gasteiger partial charge is 0.489 e. The summed E-state index contributed by atoms with van der Waals surface area (Å²) in [6, 6.07) is 12.9. The molecule has 2 rings (SSSR count). The third-order valence-electron chi connectivity index (χ3n) is 3.44. The first-order valence-electron chi connectivity index (χ1n) is 7.06. The minimum Gasteiger partial charge on any atom is -0.489 e. The Hall–Kier alpha value is -1.97. The molecule has 0 spiro atoms. The molecule has 1 nitrogen and oxygen atoms in total. The first-order valence-corrected chi connectivity index (χ1v) is 7.06. The topological polar surface area (TPSA) is 9.23 Å². The van der Waals surface area contributed by atoms with Crippen molar-refractivity contribution in [2.45, 2.75) is 39.0 Å². The Bertz CT molecular complexity index is 622. The molecule has 0 aliphatic rings. The van der Waals surface area contributed by atoms with E-state index in [-0.39, 0.29) is 17.6 Å². The molecule has 118 valence electrons. The number of hydrogen-bond donors (Lipinski definition) is 0. The standard InChI is InChI=1S/C18H19F3O/c1-17(2,3)14-8-10-15(11-9-14)22-12-13-6-4-5-7-16(13)18(19,20)21/h4-11H,12H2,1-3H3. The minimum absolute atomic E-state index is 0.0292. The number of halogens is 3. The first-order chi connectivity index (χ1) is 10.2. The lowest BCUT2D eigenvalue weighted by atomic mass is 9.87. The molecule has 0 saturated heterocycles. The summed E-state index contributed by atoms with van der Waals surface area (Å²) in [5.41, 5.74) is 0.660. The van der Waals surface area contributed by atoms with Crippen LogP contribution in [0.5, 0.6) is 5.75 Å². The van der Waals surface area contributed by atoms with Crippen LogP contribution in [0, 0.1) is 0 Å². The molecule has 4 heteroatoms. The molecule has 0 atom stereocenters. The van der Waals surface area contributed by atoms with E-state index in [1.807, 2.05) is 12.1 Å². The van der Waals surface area contributed by atoms with Gasteiger partial charge in [-0.3, -0.25) is 0 Å². The van der Waals surface area contributed by atoms with Crippen molar-refractivity contribution >= 4 is 0 Å². The SMILES string of the molecule is CC(C)(C)c1ccc(OCc2ccccc2C(F)(F)F)cc1. The Labute approximate surface area is 128 Å². The van der Waals surface area contributed by atoms with Crippen molar-refractivity contribution in [3.05, 3.63) is 65.2 Å². The van der Waals surface area contributed by atoms with E-state index in [4.69, 9.17) is 4.74 Å². The highest BCUT2D eigenvalue weighted by Crippen LogP contribution is 2.32. The average Bonchev–Trinajstić information content (AvgIpc) is 2.44. The molecule has 22 heavy (non-hydrogen) atoms. The van der Waals surface area contributed by atoms with Crippen molar-refractivity contribution in [2.24, 2.45) is 0 Å². The Morgan fingerprint density at radius 1 is 0.864 bits per heavy atom. The van der Waals surface area contributed by atoms with Crippen LogP contribution in [0.2, 0.25) is 0 Å². The van der Waals surface area contributed by atoms with E-state index in [0.717, 1.165) is 11.6 Å². The van der Waals surface area contributed by atoms with Gasteiger partial charge in [-0.05, 0) is 29.2 Å². The van der Waals surface area contributed by atoms with E-state index in [1.54, 1.807) is 18.2 Å². The van der Waals surface area contributed by atoms with Crippen LogP contribution in [0.15, 0.2) is 48.5 Å². The monoisotopic (exact) mass is 308 g/mol. The van der Waals surface area contributed by atoms with Gasteiger partial charge in [0.1, 0.15) is 12.4 Å². The second kappa shape index (κ2) is 6.03. The molecule has 0 aromatic heterocycles. The van der Waals surface area contributed by atoms with Crippen LogP contribution in [-0.2, 0) is 18.2 Å². The molecule has 0 aliphatic carbocycles. The van der Waals surface area contributed by atoms with E-state index >= 15 is 0 Å². The van der Waals surface area contributed by atoms with Crippen LogP contribution in [0.4, 0.5) is 13.2 Å². The van der Waals surface area contributed by atoms with Gasteiger partial charge >= 0.3 is 6.18 Å². The molecule has 0 amide bonds. The number of hydrogen-bond acceptors (Lipinski definition) is 1. The van der Waals surface area contributed by atoms with E-state index in [2.05, 4.69) is 20.8 Å². The summed E-state index contributed by atoms with van der Waals surface area (Å²) in [5, 5.41) is 0. The molecule has 0 heterocycles. The van der Waals surface area contributed by atoms with E-state index in [9.17, 15) is 13.2 Å². The quantitative estimate of drug-likeness (QED) is 0.719. The lowest BCUT2D eigenvalue weighted by Gasteiger charge is -2.19. The van der Waals surface area contributed by atoms with Crippen LogP contribution in [0.3, 0.4) is 0 Å². The second-order valence-corrected chi connectivity index (χ2v) is 6.22. The van der Waals surface area contributed by atoms with E-state index in [0.29, 0.717) is 5.75 Å². The number of alkyl halides is 3. The number of rotatable bonds is 3. The van der Waals surface area contributed by atoms with Crippen molar-refractivity contribution in [1.82, 2.24) is 0 Å². The van der Waals surface area contributed by atoms with Crippen LogP contribution in [0.1, 0.15) is 37.5 Å². The van der Waals surface area contributed by atoms with Crippen LogP contribution in [-0.4, -0.2) is 0 Å². The third-order valence-corrected chi connectivity index (χ3v) is 3.44. The summed E-state index contributed by atoms with van der Waals surface area (Å²) >= 11 is 0. The summed E-state index contributed by atoms with van der Waals surface area (Å²) in [4.78, 5) is 0. The van der Waals surface area contributed by atoms with Gasteiger partial charge in [-0.1, -0.05) is 51.1 Å². The highest BCUT2D eigenvalue weighted by atomic mass is 19.4. The van der Waals surface area contributed by atoms with Gasteiger partial charge in [-0.2, -0.15) is 13.2 Å². The van der Waals surface area contributed by atoms with Crippen molar-refractivity contribution in [2.75, 3.05) is 0 Å². The zero-order valence-corrected chi connectivity index (χ0v) is 12.9. The van der Waals surface area contributed by atoms with Crippen LogP contribution in [0.25, 0.3) is 0 Å². The molecule has 0 fully saturated rings. The molecule has 0 unspecified atom stereocenters. The first kappa shape index (κ1) is 16.4. The molecule has 2 aromatic rings. The van der Waals surface area contributed by atoms with Gasteiger partial charge in [0, 0.05) is 5.56 Å². The Kier molecular flexibility index (Phi) is 4.50. The van der Waals surface area contributed by atoms with Gasteiger partial charge in [-0.25, -0.2) is 0 Å². The lowest BCUT2D eigenvalue weighted by molar-refractivity contribution is -0.138. The Morgan fingerprint density at radius 3 is 2.00 bits per heavy atom. The minimum atomic E-state index is -4.37. The second-order valence-electron chi connectivity index (χ2n) is 6.22. The zero-order chi connectivity index (χ0) is 16.4. The fraction of sp³-hybridized carbons (Fsp3) is 0.333. The summed E-state index contributed by atoms with van der Waals surface area (Å²) in [5.74, 6) is 0.560. The molecule has 0 N–H and O–H groups in total. The van der Waals surface area contributed by atoms with Gasteiger partial charge in [0.05, 0.1) is 5.56 Å². The molecule has 0 radical (unpaired) electrons. The molecule has 2 aromatic carbocycles. The molecule has 0 bridgehead atoms. The fourth-order valence-corrected chi connectivity index (χ4v) is 2.13. The molecule has 0 aliphatic heterocycles. The van der Waals surface area contributed by atoms with Gasteiger partial charge in [0.2, 0.25) is 0 Å².